The first kappa shape index (κ1) is 18.6. The molecule has 1 saturated heterocycles. The van der Waals surface area contributed by atoms with E-state index in [1.165, 1.54) is 0 Å². The minimum Gasteiger partial charge on any atom is -0.486 e. The van der Waals surface area contributed by atoms with Crippen molar-refractivity contribution in [2.75, 3.05) is 13.7 Å². The minimum absolute atomic E-state index is 0.0360. The van der Waals surface area contributed by atoms with Gasteiger partial charge in [0.15, 0.2) is 5.76 Å². The van der Waals surface area contributed by atoms with Crippen LogP contribution in [0.15, 0.2) is 45.3 Å². The maximum absolute atomic E-state index is 12.9. The molecule has 6 heteroatoms. The highest BCUT2D eigenvalue weighted by Crippen LogP contribution is 2.54. The number of hydrogen-bond acceptors (Lipinski definition) is 4. The summed E-state index contributed by atoms with van der Waals surface area (Å²) in [6.45, 7) is 5.42. The monoisotopic (exact) mass is 433 g/mol. The van der Waals surface area contributed by atoms with E-state index in [2.05, 4.69) is 29.8 Å². The van der Waals surface area contributed by atoms with Gasteiger partial charge in [-0.3, -0.25) is 4.79 Å². The smallest absolute Gasteiger partial charge is 0.289 e. The molecule has 144 valence electrons. The number of rotatable bonds is 5. The third-order valence-corrected chi connectivity index (χ3v) is 6.37. The number of fused-ring (bicyclic) bond motifs is 1. The van der Waals surface area contributed by atoms with Crippen LogP contribution >= 0.6 is 15.9 Å². The van der Waals surface area contributed by atoms with E-state index >= 15 is 0 Å². The van der Waals surface area contributed by atoms with Gasteiger partial charge in [0.05, 0.1) is 6.10 Å². The van der Waals surface area contributed by atoms with Gasteiger partial charge in [0.1, 0.15) is 18.1 Å². The summed E-state index contributed by atoms with van der Waals surface area (Å²) in [6, 6.07) is 11.3. The van der Waals surface area contributed by atoms with Crippen molar-refractivity contribution in [3.05, 3.63) is 52.4 Å². The van der Waals surface area contributed by atoms with Crippen LogP contribution in [0.25, 0.3) is 0 Å². The molecule has 1 aliphatic heterocycles. The molecular weight excluding hydrogens is 410 g/mol. The van der Waals surface area contributed by atoms with Gasteiger partial charge in [-0.15, -0.1) is 0 Å². The Kier molecular flexibility index (Phi) is 4.80. The van der Waals surface area contributed by atoms with Gasteiger partial charge in [-0.2, -0.15) is 0 Å². The lowest BCUT2D eigenvalue weighted by atomic mass is 9.57. The third kappa shape index (κ3) is 3.29. The molecule has 4 rings (SSSR count). The normalized spacial score (nSPS) is 25.6. The zero-order valence-electron chi connectivity index (χ0n) is 15.8. The summed E-state index contributed by atoms with van der Waals surface area (Å²) < 4.78 is 18.3. The lowest BCUT2D eigenvalue weighted by molar-refractivity contribution is -0.140. The molecule has 3 atom stereocenters. The van der Waals surface area contributed by atoms with Gasteiger partial charge in [-0.1, -0.05) is 29.8 Å². The predicted molar refractivity (Wildman–Crippen MR) is 105 cm³/mol. The second kappa shape index (κ2) is 6.99. The van der Waals surface area contributed by atoms with Crippen molar-refractivity contribution in [2.24, 2.45) is 11.3 Å². The number of nitrogens with zero attached hydrogens (tertiary/aromatic N) is 1. The number of halogens is 1. The van der Waals surface area contributed by atoms with Crippen molar-refractivity contribution in [2.45, 2.75) is 39.0 Å². The van der Waals surface area contributed by atoms with Gasteiger partial charge < -0.3 is 18.8 Å². The van der Waals surface area contributed by atoms with Gasteiger partial charge in [0.25, 0.3) is 5.91 Å². The standard InChI is InChI=1S/C21H24BrNO4/c1-21(2)18(16-10-11-25-19(16)21)23(3)20(24)17-9-8-15(27-17)12-26-14-6-4-13(22)5-7-14/h4-9,16,18-19H,10-12H2,1-3H3. The fourth-order valence-electron chi connectivity index (χ4n) is 4.64. The predicted octanol–water partition coefficient (Wildman–Crippen LogP) is 4.51. The lowest BCUT2D eigenvalue weighted by Crippen LogP contribution is -2.66. The molecule has 0 radical (unpaired) electrons. The van der Waals surface area contributed by atoms with Gasteiger partial charge in [0, 0.05) is 35.5 Å². The summed E-state index contributed by atoms with van der Waals surface area (Å²) >= 11 is 3.40. The maximum Gasteiger partial charge on any atom is 0.289 e. The molecule has 1 aromatic heterocycles. The van der Waals surface area contributed by atoms with Crippen LogP contribution in [0.4, 0.5) is 0 Å². The number of ether oxygens (including phenoxy) is 2. The molecule has 1 amide bonds. The average molecular weight is 434 g/mol. The molecule has 2 aromatic rings. The van der Waals surface area contributed by atoms with E-state index in [-0.39, 0.29) is 30.1 Å². The zero-order chi connectivity index (χ0) is 19.2. The lowest BCUT2D eigenvalue weighted by Gasteiger charge is -2.57. The maximum atomic E-state index is 12.9. The molecule has 1 aromatic carbocycles. The summed E-state index contributed by atoms with van der Waals surface area (Å²) in [7, 11) is 1.86. The van der Waals surface area contributed by atoms with Crippen molar-refractivity contribution in [1.82, 2.24) is 4.90 Å². The van der Waals surface area contributed by atoms with Crippen molar-refractivity contribution >= 4 is 21.8 Å². The molecule has 2 heterocycles. The summed E-state index contributed by atoms with van der Waals surface area (Å²) in [5.74, 6) is 2.07. The van der Waals surface area contributed by atoms with E-state index in [0.717, 1.165) is 23.2 Å². The first-order valence-corrected chi connectivity index (χ1v) is 10.0. The first-order chi connectivity index (χ1) is 12.9. The number of benzene rings is 1. The number of amides is 1. The van der Waals surface area contributed by atoms with Crippen molar-refractivity contribution < 1.29 is 18.7 Å². The Balaban J connectivity index is 1.40. The van der Waals surface area contributed by atoms with Crippen LogP contribution in [0.5, 0.6) is 5.75 Å². The minimum atomic E-state index is -0.0895. The summed E-state index contributed by atoms with van der Waals surface area (Å²) in [4.78, 5) is 14.8. The highest BCUT2D eigenvalue weighted by Gasteiger charge is 2.61. The zero-order valence-corrected chi connectivity index (χ0v) is 17.4. The molecule has 3 unspecified atom stereocenters. The second-order valence-corrected chi connectivity index (χ2v) is 8.85. The summed E-state index contributed by atoms with van der Waals surface area (Å²) in [5, 5.41) is 0. The quantitative estimate of drug-likeness (QED) is 0.695. The Hall–Kier alpha value is -1.79. The van der Waals surface area contributed by atoms with E-state index in [1.54, 1.807) is 12.1 Å². The highest BCUT2D eigenvalue weighted by atomic mass is 79.9. The van der Waals surface area contributed by atoms with E-state index in [1.807, 2.05) is 36.2 Å². The Morgan fingerprint density at radius 2 is 2.00 bits per heavy atom. The van der Waals surface area contributed by atoms with Crippen LogP contribution in [0.3, 0.4) is 0 Å². The van der Waals surface area contributed by atoms with Crippen LogP contribution < -0.4 is 4.74 Å². The average Bonchev–Trinajstić information content (AvgIpc) is 3.28. The highest BCUT2D eigenvalue weighted by molar-refractivity contribution is 9.10. The Labute approximate surface area is 167 Å². The Morgan fingerprint density at radius 3 is 2.74 bits per heavy atom. The van der Waals surface area contributed by atoms with Gasteiger partial charge in [0.2, 0.25) is 0 Å². The fourth-order valence-corrected chi connectivity index (χ4v) is 4.90. The fraction of sp³-hybridized carbons (Fsp3) is 0.476. The topological polar surface area (TPSA) is 51.9 Å². The van der Waals surface area contributed by atoms with Gasteiger partial charge >= 0.3 is 0 Å². The molecule has 2 fully saturated rings. The van der Waals surface area contributed by atoms with Crippen LogP contribution in [0, 0.1) is 11.3 Å². The van der Waals surface area contributed by atoms with Crippen molar-refractivity contribution in [1.29, 1.82) is 0 Å². The SMILES string of the molecule is CN(C(=O)c1ccc(COc2ccc(Br)cc2)o1)C1C2CCOC2C1(C)C. The van der Waals surface area contributed by atoms with Crippen LogP contribution in [0.2, 0.25) is 0 Å². The summed E-state index contributed by atoms with van der Waals surface area (Å²) in [6.07, 6.45) is 1.27. The van der Waals surface area contributed by atoms with Crippen molar-refractivity contribution in [3.8, 4) is 5.75 Å². The molecule has 27 heavy (non-hydrogen) atoms. The van der Waals surface area contributed by atoms with E-state index in [0.29, 0.717) is 17.4 Å². The number of carbonyl (C=O) groups excluding carboxylic acids is 1. The third-order valence-electron chi connectivity index (χ3n) is 5.84. The van der Waals surface area contributed by atoms with E-state index in [9.17, 15) is 4.79 Å². The van der Waals surface area contributed by atoms with Crippen LogP contribution in [-0.2, 0) is 11.3 Å². The van der Waals surface area contributed by atoms with E-state index < -0.39 is 0 Å². The first-order valence-electron chi connectivity index (χ1n) is 9.24. The van der Waals surface area contributed by atoms with Crippen LogP contribution in [-0.4, -0.2) is 36.6 Å². The van der Waals surface area contributed by atoms with Crippen LogP contribution in [0.1, 0.15) is 36.6 Å². The Morgan fingerprint density at radius 1 is 1.26 bits per heavy atom. The van der Waals surface area contributed by atoms with Gasteiger partial charge in [-0.25, -0.2) is 0 Å². The number of hydrogen-bond donors (Lipinski definition) is 0. The molecule has 1 saturated carbocycles. The molecule has 1 aliphatic carbocycles. The summed E-state index contributed by atoms with van der Waals surface area (Å²) in [5.41, 5.74) is -0.0360. The number of carbonyl (C=O) groups is 1. The molecule has 0 N–H and O–H groups in total. The molecular formula is C21H24BrNO4. The largest absolute Gasteiger partial charge is 0.486 e. The second-order valence-electron chi connectivity index (χ2n) is 7.93. The molecule has 2 aliphatic rings. The molecule has 0 bridgehead atoms. The van der Waals surface area contributed by atoms with E-state index in [4.69, 9.17) is 13.9 Å². The molecule has 5 nitrogen and oxygen atoms in total. The van der Waals surface area contributed by atoms with Crippen molar-refractivity contribution in [3.63, 3.8) is 0 Å². The number of furan rings is 1. The Bertz CT molecular complexity index is 829. The molecule has 0 spiro atoms. The van der Waals surface area contributed by atoms with Gasteiger partial charge in [-0.05, 0) is 42.8 Å².